The largest absolute Gasteiger partial charge is 0.491 e. The average molecular weight is 349 g/mol. The number of nitrogens with zero attached hydrogens (tertiary/aromatic N) is 1. The molecule has 3 rings (SSSR count). The summed E-state index contributed by atoms with van der Waals surface area (Å²) >= 11 is 0. The van der Waals surface area contributed by atoms with Gasteiger partial charge in [0.05, 0.1) is 6.10 Å². The molecule has 0 aromatic heterocycles. The molecule has 4 nitrogen and oxygen atoms in total. The van der Waals surface area contributed by atoms with Crippen LogP contribution in [0.15, 0.2) is 54.6 Å². The maximum Gasteiger partial charge on any atom is 0.227 e. The third-order valence-corrected chi connectivity index (χ3v) is 4.22. The molecule has 1 aliphatic heterocycles. The number of hydrogen-bond acceptors (Lipinski definition) is 3. The van der Waals surface area contributed by atoms with Crippen molar-refractivity contribution in [2.24, 2.45) is 0 Å². The smallest absolute Gasteiger partial charge is 0.227 e. The second kappa shape index (κ2) is 8.00. The lowest BCUT2D eigenvalue weighted by Crippen LogP contribution is -2.23. The molecule has 134 valence electrons. The molecule has 0 saturated carbocycles. The van der Waals surface area contributed by atoms with Crippen LogP contribution in [0.25, 0.3) is 6.08 Å². The van der Waals surface area contributed by atoms with E-state index in [9.17, 15) is 9.59 Å². The molecule has 1 heterocycles. The summed E-state index contributed by atoms with van der Waals surface area (Å²) in [6.45, 7) is 4.72. The van der Waals surface area contributed by atoms with Crippen LogP contribution < -0.4 is 9.64 Å². The minimum absolute atomic E-state index is 0.0631. The number of ether oxygens (including phenoxy) is 1. The van der Waals surface area contributed by atoms with E-state index in [2.05, 4.69) is 0 Å². The van der Waals surface area contributed by atoms with E-state index in [1.165, 1.54) is 0 Å². The summed E-state index contributed by atoms with van der Waals surface area (Å²) in [6, 6.07) is 14.8. The molecule has 0 aliphatic carbocycles. The fraction of sp³-hybridized carbons (Fsp3) is 0.273. The van der Waals surface area contributed by atoms with Crippen molar-refractivity contribution in [2.45, 2.75) is 32.8 Å². The molecule has 1 aliphatic rings. The van der Waals surface area contributed by atoms with Crippen LogP contribution in [0, 0.1) is 0 Å². The Morgan fingerprint density at radius 2 is 1.77 bits per heavy atom. The third kappa shape index (κ3) is 4.39. The Labute approximate surface area is 154 Å². The summed E-state index contributed by atoms with van der Waals surface area (Å²) in [5.41, 5.74) is 2.40. The van der Waals surface area contributed by atoms with Gasteiger partial charge in [0.1, 0.15) is 5.75 Å². The molecule has 0 radical (unpaired) electrons. The van der Waals surface area contributed by atoms with Crippen LogP contribution in [-0.2, 0) is 4.79 Å². The van der Waals surface area contributed by atoms with Crippen molar-refractivity contribution in [3.8, 4) is 5.75 Å². The van der Waals surface area contributed by atoms with E-state index in [4.69, 9.17) is 4.74 Å². The number of anilines is 1. The van der Waals surface area contributed by atoms with Gasteiger partial charge in [-0.3, -0.25) is 9.59 Å². The first-order chi connectivity index (χ1) is 12.5. The summed E-state index contributed by atoms with van der Waals surface area (Å²) in [5, 5.41) is 0. The number of allylic oxidation sites excluding steroid dienone is 1. The standard InChI is InChI=1S/C22H23NO3/c1-16(2)26-20-12-5-17(6-13-20)7-14-21(24)18-8-10-19(11-9-18)23-15-3-4-22(23)25/h5-14,16H,3-4,15H2,1-2H3/b14-7+. The average Bonchev–Trinajstić information content (AvgIpc) is 3.06. The predicted octanol–water partition coefficient (Wildman–Crippen LogP) is 4.50. The van der Waals surface area contributed by atoms with E-state index < -0.39 is 0 Å². The number of hydrogen-bond donors (Lipinski definition) is 0. The van der Waals surface area contributed by atoms with Crippen molar-refractivity contribution in [3.63, 3.8) is 0 Å². The maximum absolute atomic E-state index is 12.3. The second-order valence-electron chi connectivity index (χ2n) is 6.63. The lowest BCUT2D eigenvalue weighted by atomic mass is 10.1. The molecule has 2 aromatic carbocycles. The van der Waals surface area contributed by atoms with E-state index in [0.29, 0.717) is 12.0 Å². The number of carbonyl (C=O) groups is 2. The van der Waals surface area contributed by atoms with Crippen LogP contribution >= 0.6 is 0 Å². The molecule has 0 N–H and O–H groups in total. The summed E-state index contributed by atoms with van der Waals surface area (Å²) in [5.74, 6) is 0.899. The quantitative estimate of drug-likeness (QED) is 0.570. The van der Waals surface area contributed by atoms with E-state index in [0.717, 1.165) is 30.0 Å². The molecular weight excluding hydrogens is 326 g/mol. The summed E-state index contributed by atoms with van der Waals surface area (Å²) < 4.78 is 5.61. The molecule has 4 heteroatoms. The number of benzene rings is 2. The highest BCUT2D eigenvalue weighted by atomic mass is 16.5. The Morgan fingerprint density at radius 1 is 1.08 bits per heavy atom. The van der Waals surface area contributed by atoms with E-state index in [1.54, 1.807) is 29.2 Å². The molecule has 1 fully saturated rings. The van der Waals surface area contributed by atoms with Crippen LogP contribution in [0.2, 0.25) is 0 Å². The van der Waals surface area contributed by atoms with Gasteiger partial charge in [0.25, 0.3) is 0 Å². The van der Waals surface area contributed by atoms with Crippen molar-refractivity contribution < 1.29 is 14.3 Å². The number of rotatable bonds is 6. The summed E-state index contributed by atoms with van der Waals surface area (Å²) in [6.07, 6.45) is 4.98. The van der Waals surface area contributed by atoms with E-state index in [-0.39, 0.29) is 17.8 Å². The maximum atomic E-state index is 12.3. The highest BCUT2D eigenvalue weighted by Gasteiger charge is 2.21. The first-order valence-electron chi connectivity index (χ1n) is 8.92. The lowest BCUT2D eigenvalue weighted by Gasteiger charge is -2.15. The number of ketones is 1. The highest BCUT2D eigenvalue weighted by Crippen LogP contribution is 2.22. The number of carbonyl (C=O) groups excluding carboxylic acids is 2. The Morgan fingerprint density at radius 3 is 2.35 bits per heavy atom. The van der Waals surface area contributed by atoms with Gasteiger partial charge in [0, 0.05) is 24.2 Å². The molecule has 0 unspecified atom stereocenters. The molecule has 0 bridgehead atoms. The Bertz CT molecular complexity index is 804. The van der Waals surface area contributed by atoms with Gasteiger partial charge in [-0.25, -0.2) is 0 Å². The molecule has 0 atom stereocenters. The minimum Gasteiger partial charge on any atom is -0.491 e. The molecule has 26 heavy (non-hydrogen) atoms. The zero-order valence-electron chi connectivity index (χ0n) is 15.1. The van der Waals surface area contributed by atoms with Crippen molar-refractivity contribution in [2.75, 3.05) is 11.4 Å². The SMILES string of the molecule is CC(C)Oc1ccc(/C=C/C(=O)c2ccc(N3CCCC3=O)cc2)cc1. The van der Waals surface area contributed by atoms with Gasteiger partial charge in [0.15, 0.2) is 5.78 Å². The van der Waals surface area contributed by atoms with Crippen LogP contribution in [0.3, 0.4) is 0 Å². The Hall–Kier alpha value is -2.88. The molecular formula is C22H23NO3. The Kier molecular flexibility index (Phi) is 5.52. The van der Waals surface area contributed by atoms with Gasteiger partial charge in [-0.1, -0.05) is 18.2 Å². The van der Waals surface area contributed by atoms with Gasteiger partial charge in [-0.05, 0) is 68.3 Å². The third-order valence-electron chi connectivity index (χ3n) is 4.22. The lowest BCUT2D eigenvalue weighted by molar-refractivity contribution is -0.117. The fourth-order valence-corrected chi connectivity index (χ4v) is 2.92. The zero-order chi connectivity index (χ0) is 18.5. The number of amides is 1. The Balaban J connectivity index is 1.64. The molecule has 1 amide bonds. The molecule has 2 aromatic rings. The monoisotopic (exact) mass is 349 g/mol. The second-order valence-corrected chi connectivity index (χ2v) is 6.63. The topological polar surface area (TPSA) is 46.6 Å². The van der Waals surface area contributed by atoms with Crippen LogP contribution in [0.4, 0.5) is 5.69 Å². The van der Waals surface area contributed by atoms with Crippen LogP contribution in [-0.4, -0.2) is 24.3 Å². The van der Waals surface area contributed by atoms with Crippen molar-refractivity contribution in [1.29, 1.82) is 0 Å². The van der Waals surface area contributed by atoms with Gasteiger partial charge < -0.3 is 9.64 Å². The van der Waals surface area contributed by atoms with Crippen molar-refractivity contribution >= 4 is 23.5 Å². The first kappa shape index (κ1) is 17.9. The summed E-state index contributed by atoms with van der Waals surface area (Å²) in [7, 11) is 0. The van der Waals surface area contributed by atoms with Gasteiger partial charge >= 0.3 is 0 Å². The molecule has 1 saturated heterocycles. The van der Waals surface area contributed by atoms with E-state index in [1.807, 2.05) is 50.2 Å². The van der Waals surface area contributed by atoms with Gasteiger partial charge in [0.2, 0.25) is 5.91 Å². The van der Waals surface area contributed by atoms with Gasteiger partial charge in [-0.15, -0.1) is 0 Å². The van der Waals surface area contributed by atoms with Crippen LogP contribution in [0.5, 0.6) is 5.75 Å². The van der Waals surface area contributed by atoms with Crippen molar-refractivity contribution in [3.05, 3.63) is 65.7 Å². The van der Waals surface area contributed by atoms with Gasteiger partial charge in [-0.2, -0.15) is 0 Å². The minimum atomic E-state index is -0.0631. The molecule has 0 spiro atoms. The van der Waals surface area contributed by atoms with Crippen molar-refractivity contribution in [1.82, 2.24) is 0 Å². The fourth-order valence-electron chi connectivity index (χ4n) is 2.92. The zero-order valence-corrected chi connectivity index (χ0v) is 15.1. The highest BCUT2D eigenvalue weighted by molar-refractivity contribution is 6.07. The first-order valence-corrected chi connectivity index (χ1v) is 8.92. The van der Waals surface area contributed by atoms with Crippen LogP contribution in [0.1, 0.15) is 42.6 Å². The predicted molar refractivity (Wildman–Crippen MR) is 104 cm³/mol. The normalized spacial score (nSPS) is 14.4. The van der Waals surface area contributed by atoms with E-state index >= 15 is 0 Å². The summed E-state index contributed by atoms with van der Waals surface area (Å²) in [4.78, 5) is 25.9.